The summed E-state index contributed by atoms with van der Waals surface area (Å²) >= 11 is 0. The predicted octanol–water partition coefficient (Wildman–Crippen LogP) is 2.61. The molecule has 1 aliphatic heterocycles. The maximum atomic E-state index is 12.5. The van der Waals surface area contributed by atoms with Crippen molar-refractivity contribution in [2.45, 2.75) is 13.3 Å². The van der Waals surface area contributed by atoms with Crippen LogP contribution in [0, 0.1) is 5.92 Å². The number of benzene rings is 2. The Morgan fingerprint density at radius 1 is 1.17 bits per heavy atom. The largest absolute Gasteiger partial charge is 0.497 e. The Hall–Kier alpha value is -3.55. The summed E-state index contributed by atoms with van der Waals surface area (Å²) in [6, 6.07) is 12.5. The van der Waals surface area contributed by atoms with E-state index in [-0.39, 0.29) is 18.2 Å². The van der Waals surface area contributed by atoms with Crippen LogP contribution in [-0.4, -0.2) is 45.4 Å². The Balaban J connectivity index is 1.60. The van der Waals surface area contributed by atoms with Gasteiger partial charge in [0.25, 0.3) is 0 Å². The van der Waals surface area contributed by atoms with Gasteiger partial charge in [0.1, 0.15) is 17.2 Å². The lowest BCUT2D eigenvalue weighted by atomic mass is 10.1. The van der Waals surface area contributed by atoms with E-state index in [0.717, 1.165) is 11.4 Å². The third kappa shape index (κ3) is 4.89. The molecular formula is C22H25N3O5. The van der Waals surface area contributed by atoms with Crippen LogP contribution in [0.25, 0.3) is 0 Å². The van der Waals surface area contributed by atoms with E-state index in [0.29, 0.717) is 30.2 Å². The standard InChI is InChI=1S/C22H25N3O5/c1-4-30-18-9-6-17(7-10-18)25-14-16(11-21(25)26)22(27)24-23-13-15-5-8-19(28-2)12-20(15)29-3/h5-10,12-13,16H,4,11,14H2,1-3H3,(H,24,27)/b23-13-/t16-/m1/s1. The topological polar surface area (TPSA) is 89.5 Å². The van der Waals surface area contributed by atoms with Crippen LogP contribution >= 0.6 is 0 Å². The van der Waals surface area contributed by atoms with Crippen molar-refractivity contribution in [3.63, 3.8) is 0 Å². The fourth-order valence-corrected chi connectivity index (χ4v) is 3.20. The molecule has 2 amide bonds. The molecule has 0 aliphatic carbocycles. The maximum Gasteiger partial charge on any atom is 0.245 e. The van der Waals surface area contributed by atoms with Crippen molar-refractivity contribution < 1.29 is 23.8 Å². The number of hydrogen-bond donors (Lipinski definition) is 1. The number of anilines is 1. The predicted molar refractivity (Wildman–Crippen MR) is 113 cm³/mol. The molecule has 1 N–H and O–H groups in total. The Bertz CT molecular complexity index is 927. The van der Waals surface area contributed by atoms with Crippen LogP contribution in [0.15, 0.2) is 47.6 Å². The molecule has 0 saturated carbocycles. The molecule has 0 spiro atoms. The molecule has 0 unspecified atom stereocenters. The quantitative estimate of drug-likeness (QED) is 0.533. The second-order valence-electron chi connectivity index (χ2n) is 6.67. The van der Waals surface area contributed by atoms with Crippen LogP contribution in [0.5, 0.6) is 17.2 Å². The first-order valence-electron chi connectivity index (χ1n) is 9.63. The summed E-state index contributed by atoms with van der Waals surface area (Å²) in [4.78, 5) is 26.5. The summed E-state index contributed by atoms with van der Waals surface area (Å²) < 4.78 is 15.9. The zero-order valence-corrected chi connectivity index (χ0v) is 17.3. The molecule has 0 radical (unpaired) electrons. The van der Waals surface area contributed by atoms with Gasteiger partial charge in [-0.1, -0.05) is 0 Å². The van der Waals surface area contributed by atoms with Crippen molar-refractivity contribution in [3.8, 4) is 17.2 Å². The minimum absolute atomic E-state index is 0.0971. The third-order valence-corrected chi connectivity index (χ3v) is 4.77. The minimum Gasteiger partial charge on any atom is -0.497 e. The molecule has 0 bridgehead atoms. The molecule has 8 nitrogen and oxygen atoms in total. The first kappa shape index (κ1) is 21.2. The van der Waals surface area contributed by atoms with Crippen LogP contribution in [0.3, 0.4) is 0 Å². The van der Waals surface area contributed by atoms with Crippen molar-refractivity contribution in [1.82, 2.24) is 5.43 Å². The molecule has 1 heterocycles. The number of methoxy groups -OCH3 is 2. The van der Waals surface area contributed by atoms with Crippen LogP contribution in [0.2, 0.25) is 0 Å². The molecule has 1 aliphatic rings. The van der Waals surface area contributed by atoms with E-state index in [2.05, 4.69) is 10.5 Å². The zero-order valence-electron chi connectivity index (χ0n) is 17.3. The van der Waals surface area contributed by atoms with E-state index >= 15 is 0 Å². The number of nitrogens with one attached hydrogen (secondary N) is 1. The Labute approximate surface area is 175 Å². The molecule has 2 aromatic rings. The Morgan fingerprint density at radius 3 is 2.57 bits per heavy atom. The summed E-state index contributed by atoms with van der Waals surface area (Å²) in [6.07, 6.45) is 1.64. The van der Waals surface area contributed by atoms with Gasteiger partial charge in [-0.05, 0) is 43.3 Å². The highest BCUT2D eigenvalue weighted by Crippen LogP contribution is 2.27. The third-order valence-electron chi connectivity index (χ3n) is 4.77. The summed E-state index contributed by atoms with van der Waals surface area (Å²) in [5.41, 5.74) is 3.95. The molecule has 8 heteroatoms. The average molecular weight is 411 g/mol. The molecule has 30 heavy (non-hydrogen) atoms. The number of carbonyl (C=O) groups excluding carboxylic acids is 2. The summed E-state index contributed by atoms with van der Waals surface area (Å²) in [7, 11) is 3.12. The van der Waals surface area contributed by atoms with Gasteiger partial charge in [-0.3, -0.25) is 9.59 Å². The second-order valence-corrected chi connectivity index (χ2v) is 6.67. The molecule has 1 saturated heterocycles. The maximum absolute atomic E-state index is 12.5. The normalized spacial score (nSPS) is 16.0. The first-order valence-corrected chi connectivity index (χ1v) is 9.63. The lowest BCUT2D eigenvalue weighted by Gasteiger charge is -2.17. The molecule has 1 fully saturated rings. The van der Waals surface area contributed by atoms with E-state index in [4.69, 9.17) is 14.2 Å². The molecule has 2 aromatic carbocycles. The second kappa shape index (κ2) is 9.78. The van der Waals surface area contributed by atoms with Gasteiger partial charge in [-0.2, -0.15) is 5.10 Å². The number of carbonyl (C=O) groups is 2. The van der Waals surface area contributed by atoms with Gasteiger partial charge in [0.05, 0.1) is 33.0 Å². The summed E-state index contributed by atoms with van der Waals surface area (Å²) in [5.74, 6) is 1.10. The van der Waals surface area contributed by atoms with Crippen molar-refractivity contribution in [3.05, 3.63) is 48.0 Å². The van der Waals surface area contributed by atoms with Crippen LogP contribution in [0.1, 0.15) is 18.9 Å². The van der Waals surface area contributed by atoms with Gasteiger partial charge in [0.2, 0.25) is 11.8 Å². The first-order chi connectivity index (χ1) is 14.5. The molecule has 158 valence electrons. The monoisotopic (exact) mass is 411 g/mol. The van der Waals surface area contributed by atoms with Gasteiger partial charge in [0, 0.05) is 30.3 Å². The Kier molecular flexibility index (Phi) is 6.90. The highest BCUT2D eigenvalue weighted by Gasteiger charge is 2.35. The SMILES string of the molecule is CCOc1ccc(N2C[C@H](C(=O)N/N=C\c3ccc(OC)cc3OC)CC2=O)cc1. The van der Waals surface area contributed by atoms with Gasteiger partial charge >= 0.3 is 0 Å². The van der Waals surface area contributed by atoms with Gasteiger partial charge in [-0.15, -0.1) is 0 Å². The smallest absolute Gasteiger partial charge is 0.245 e. The number of hydrazone groups is 1. The minimum atomic E-state index is -0.473. The fraction of sp³-hybridized carbons (Fsp3) is 0.318. The van der Waals surface area contributed by atoms with Crippen LogP contribution < -0.4 is 24.5 Å². The van der Waals surface area contributed by atoms with E-state index in [1.165, 1.54) is 6.21 Å². The van der Waals surface area contributed by atoms with E-state index < -0.39 is 5.92 Å². The summed E-state index contributed by atoms with van der Waals surface area (Å²) in [5, 5.41) is 4.01. The highest BCUT2D eigenvalue weighted by molar-refractivity contribution is 6.00. The number of amides is 2. The van der Waals surface area contributed by atoms with Gasteiger partial charge in [0.15, 0.2) is 0 Å². The zero-order chi connectivity index (χ0) is 21.5. The molecule has 3 rings (SSSR count). The molecule has 1 atom stereocenters. The van der Waals surface area contributed by atoms with Crippen LogP contribution in [0.4, 0.5) is 5.69 Å². The number of hydrogen-bond acceptors (Lipinski definition) is 6. The number of ether oxygens (including phenoxy) is 3. The molecule has 0 aromatic heterocycles. The lowest BCUT2D eigenvalue weighted by molar-refractivity contribution is -0.126. The van der Waals surface area contributed by atoms with Crippen molar-refractivity contribution in [2.24, 2.45) is 11.0 Å². The van der Waals surface area contributed by atoms with E-state index in [1.807, 2.05) is 31.2 Å². The number of nitrogens with zero attached hydrogens (tertiary/aromatic N) is 2. The fourth-order valence-electron chi connectivity index (χ4n) is 3.20. The summed E-state index contributed by atoms with van der Waals surface area (Å²) in [6.45, 7) is 2.79. The average Bonchev–Trinajstić information content (AvgIpc) is 3.16. The molecular weight excluding hydrogens is 386 g/mol. The van der Waals surface area contributed by atoms with E-state index in [1.54, 1.807) is 37.3 Å². The van der Waals surface area contributed by atoms with Crippen LogP contribution in [-0.2, 0) is 9.59 Å². The van der Waals surface area contributed by atoms with Crippen molar-refractivity contribution in [1.29, 1.82) is 0 Å². The lowest BCUT2D eigenvalue weighted by Crippen LogP contribution is -2.30. The van der Waals surface area contributed by atoms with Gasteiger partial charge < -0.3 is 19.1 Å². The number of rotatable bonds is 8. The highest BCUT2D eigenvalue weighted by atomic mass is 16.5. The Morgan fingerprint density at radius 2 is 1.90 bits per heavy atom. The van der Waals surface area contributed by atoms with E-state index in [9.17, 15) is 9.59 Å². The van der Waals surface area contributed by atoms with Crippen molar-refractivity contribution >= 4 is 23.7 Å². The van der Waals surface area contributed by atoms with Crippen molar-refractivity contribution in [2.75, 3.05) is 32.3 Å². The van der Waals surface area contributed by atoms with Gasteiger partial charge in [-0.25, -0.2) is 5.43 Å².